The smallest absolute Gasteiger partial charge is 0.335 e. The molecule has 3 aromatic carbocycles. The van der Waals surface area contributed by atoms with Gasteiger partial charge in [-0.05, 0) is 58.2 Å². The molecule has 1 atom stereocenters. The van der Waals surface area contributed by atoms with Crippen molar-refractivity contribution < 1.29 is 24.1 Å². The van der Waals surface area contributed by atoms with Gasteiger partial charge in [0.05, 0.1) is 24.7 Å². The number of carbonyl (C=O) groups is 1. The average molecular weight is 584 g/mol. The van der Waals surface area contributed by atoms with E-state index in [1.54, 1.807) is 0 Å². The number of aliphatic hydroxyl groups excluding tert-OH is 1. The molecule has 6 heteroatoms. The van der Waals surface area contributed by atoms with Crippen molar-refractivity contribution in [2.45, 2.75) is 51.9 Å². The van der Waals surface area contributed by atoms with Gasteiger partial charge in [-0.15, -0.1) is 0 Å². The van der Waals surface area contributed by atoms with Gasteiger partial charge in [0.25, 0.3) is 0 Å². The highest BCUT2D eigenvalue weighted by Crippen LogP contribution is 2.31. The molecular weight excluding hydrogens is 538 g/mol. The van der Waals surface area contributed by atoms with Gasteiger partial charge in [-0.25, -0.2) is 4.79 Å². The first-order valence-corrected chi connectivity index (χ1v) is 15.0. The molecule has 6 nitrogen and oxygen atoms in total. The molecule has 1 unspecified atom stereocenters. The summed E-state index contributed by atoms with van der Waals surface area (Å²) in [6.45, 7) is 11.6. The van der Waals surface area contributed by atoms with Gasteiger partial charge in [0.15, 0.2) is 0 Å². The van der Waals surface area contributed by atoms with Gasteiger partial charge in [0.2, 0.25) is 5.90 Å². The molecule has 3 aromatic rings. The monoisotopic (exact) mass is 583 g/mol. The van der Waals surface area contributed by atoms with E-state index in [0.717, 1.165) is 24.0 Å². The highest BCUT2D eigenvalue weighted by Gasteiger charge is 2.19. The Hall–Kier alpha value is -4.00. The van der Waals surface area contributed by atoms with Gasteiger partial charge in [-0.3, -0.25) is 5.41 Å². The van der Waals surface area contributed by atoms with Crippen LogP contribution in [0.25, 0.3) is 22.3 Å². The lowest BCUT2D eigenvalue weighted by Gasteiger charge is -2.20. The molecule has 3 rings (SSSR count). The van der Waals surface area contributed by atoms with E-state index in [1.165, 1.54) is 54.2 Å². The summed E-state index contributed by atoms with van der Waals surface area (Å²) >= 11 is 0. The van der Waals surface area contributed by atoms with Gasteiger partial charge >= 0.3 is 5.97 Å². The minimum absolute atomic E-state index is 0.0338. The predicted molar refractivity (Wildman–Crippen MR) is 175 cm³/mol. The van der Waals surface area contributed by atoms with Crippen molar-refractivity contribution in [3.8, 4) is 22.3 Å². The Kier molecular flexibility index (Phi) is 13.4. The number of carbonyl (C=O) groups excluding carboxylic acids is 1. The van der Waals surface area contributed by atoms with E-state index in [9.17, 15) is 9.90 Å². The molecule has 0 spiro atoms. The summed E-state index contributed by atoms with van der Waals surface area (Å²) in [6.07, 6.45) is 5.76. The first-order chi connectivity index (χ1) is 20.8. The van der Waals surface area contributed by atoms with E-state index in [2.05, 4.69) is 81.6 Å². The maximum atomic E-state index is 12.3. The summed E-state index contributed by atoms with van der Waals surface area (Å²) < 4.78 is 16.0. The number of aliphatic hydroxyl groups is 1. The van der Waals surface area contributed by atoms with Crippen LogP contribution >= 0.6 is 0 Å². The quantitative estimate of drug-likeness (QED) is 0.0559. The number of hydrogen-bond acceptors (Lipinski definition) is 6. The number of rotatable bonds is 17. The number of aryl methyl sites for hydroxylation is 2. The fraction of sp³-hybridized carbons (Fsp3) is 0.351. The van der Waals surface area contributed by atoms with Crippen molar-refractivity contribution in [2.75, 3.05) is 33.5 Å². The molecule has 0 amide bonds. The summed E-state index contributed by atoms with van der Waals surface area (Å²) in [7, 11) is 1.49. The summed E-state index contributed by atoms with van der Waals surface area (Å²) in [5, 5.41) is 17.3. The number of unbranched alkanes of at least 4 members (excludes halogenated alkanes) is 2. The number of hydrogen-bond donors (Lipinski definition) is 2. The summed E-state index contributed by atoms with van der Waals surface area (Å²) in [5.41, 5.74) is 8.63. The molecule has 0 fully saturated rings. The van der Waals surface area contributed by atoms with Crippen LogP contribution in [0.1, 0.15) is 55.7 Å². The lowest BCUT2D eigenvalue weighted by atomic mass is 9.91. The Balaban J connectivity index is 1.79. The second-order valence-corrected chi connectivity index (χ2v) is 10.7. The second-order valence-electron chi connectivity index (χ2n) is 10.7. The van der Waals surface area contributed by atoms with Gasteiger partial charge in [0.1, 0.15) is 13.2 Å². The minimum Gasteiger partial charge on any atom is -0.477 e. The molecule has 0 bridgehead atoms. The van der Waals surface area contributed by atoms with E-state index in [4.69, 9.17) is 19.6 Å². The molecule has 0 radical (unpaired) electrons. The average Bonchev–Trinajstić information content (AvgIpc) is 3.04. The Morgan fingerprint density at radius 3 is 2.14 bits per heavy atom. The first kappa shape index (κ1) is 33.5. The number of benzene rings is 3. The Morgan fingerprint density at radius 2 is 1.51 bits per heavy atom. The number of esters is 1. The highest BCUT2D eigenvalue weighted by molar-refractivity contribution is 5.90. The number of methoxy groups -OCH3 is 1. The Morgan fingerprint density at radius 1 is 0.860 bits per heavy atom. The van der Waals surface area contributed by atoms with Crippen molar-refractivity contribution >= 4 is 11.9 Å². The number of nitrogens with one attached hydrogen (secondary N) is 1. The van der Waals surface area contributed by atoms with Crippen LogP contribution in [-0.2, 0) is 31.8 Å². The molecule has 0 heterocycles. The zero-order valence-corrected chi connectivity index (χ0v) is 25.8. The molecule has 2 N–H and O–H groups in total. The summed E-state index contributed by atoms with van der Waals surface area (Å²) in [6, 6.07) is 23.7. The second kappa shape index (κ2) is 17.2. The van der Waals surface area contributed by atoms with Crippen LogP contribution in [0, 0.1) is 5.41 Å². The van der Waals surface area contributed by atoms with Crippen LogP contribution in [0.2, 0.25) is 0 Å². The van der Waals surface area contributed by atoms with E-state index < -0.39 is 5.97 Å². The molecular formula is C37H45NO5. The molecule has 43 heavy (non-hydrogen) atoms. The van der Waals surface area contributed by atoms with Crippen LogP contribution in [-0.4, -0.2) is 50.5 Å². The Labute approximate surface area is 256 Å². The predicted octanol–water partition coefficient (Wildman–Crippen LogP) is 7.69. The van der Waals surface area contributed by atoms with Crippen LogP contribution in [0.5, 0.6) is 0 Å². The van der Waals surface area contributed by atoms with Gasteiger partial charge < -0.3 is 19.3 Å². The molecule has 0 aromatic heterocycles. The third-order valence-electron chi connectivity index (χ3n) is 7.50. The van der Waals surface area contributed by atoms with E-state index in [-0.39, 0.29) is 49.4 Å². The van der Waals surface area contributed by atoms with Crippen molar-refractivity contribution in [1.29, 1.82) is 5.41 Å². The van der Waals surface area contributed by atoms with Crippen LogP contribution < -0.4 is 0 Å². The third-order valence-corrected chi connectivity index (χ3v) is 7.50. The van der Waals surface area contributed by atoms with Crippen LogP contribution in [0.3, 0.4) is 0 Å². The first-order valence-electron chi connectivity index (χ1n) is 15.0. The van der Waals surface area contributed by atoms with Crippen molar-refractivity contribution in [3.63, 3.8) is 0 Å². The van der Waals surface area contributed by atoms with Crippen LogP contribution in [0.4, 0.5) is 0 Å². The Bertz CT molecular complexity index is 1380. The largest absolute Gasteiger partial charge is 0.477 e. The molecule has 228 valence electrons. The maximum absolute atomic E-state index is 12.3. The SMILES string of the molecule is C=C(CO)C(=N)OCC(COC(=O)C(=C)COC)c1ccc(-c2ccc(-c3ccc(CCCCC)cc3)cc2CC)cc1. The fourth-order valence-corrected chi connectivity index (χ4v) is 4.84. The van der Waals surface area contributed by atoms with Crippen LogP contribution in [0.15, 0.2) is 91.0 Å². The summed E-state index contributed by atoms with van der Waals surface area (Å²) in [4.78, 5) is 12.3. The zero-order chi connectivity index (χ0) is 31.2. The molecule has 0 aliphatic heterocycles. The molecule has 0 aliphatic rings. The lowest BCUT2D eigenvalue weighted by Crippen LogP contribution is -2.21. The van der Waals surface area contributed by atoms with Gasteiger partial charge in [-0.2, -0.15) is 0 Å². The number of ether oxygens (including phenoxy) is 3. The normalized spacial score (nSPS) is 11.5. The maximum Gasteiger partial charge on any atom is 0.335 e. The molecule has 0 saturated heterocycles. The molecule has 0 aliphatic carbocycles. The van der Waals surface area contributed by atoms with Crippen molar-refractivity contribution in [2.24, 2.45) is 0 Å². The van der Waals surface area contributed by atoms with Crippen molar-refractivity contribution in [3.05, 3.63) is 108 Å². The molecule has 0 saturated carbocycles. The third kappa shape index (κ3) is 9.77. The van der Waals surface area contributed by atoms with Crippen molar-refractivity contribution in [1.82, 2.24) is 0 Å². The minimum atomic E-state index is -0.544. The van der Waals surface area contributed by atoms with E-state index >= 15 is 0 Å². The van der Waals surface area contributed by atoms with E-state index in [0.29, 0.717) is 0 Å². The van der Waals surface area contributed by atoms with Gasteiger partial charge in [-0.1, -0.05) is 107 Å². The standard InChI is InChI=1S/C37H45NO5/c1-6-8-9-10-28-11-13-30(14-12-28)33-19-20-35(29(7-2)21-33)32-17-15-31(16-18-32)34(24-42-36(38)26(3)22-39)25-43-37(40)27(4)23-41-5/h11-21,34,38-39H,3-4,6-10,22-25H2,1-2,5H3. The lowest BCUT2D eigenvalue weighted by molar-refractivity contribution is -0.140. The zero-order valence-electron chi connectivity index (χ0n) is 25.8. The van der Waals surface area contributed by atoms with Gasteiger partial charge in [0, 0.05) is 12.7 Å². The topological polar surface area (TPSA) is 88.8 Å². The highest BCUT2D eigenvalue weighted by atomic mass is 16.5. The fourth-order valence-electron chi connectivity index (χ4n) is 4.84. The van der Waals surface area contributed by atoms with E-state index in [1.807, 2.05) is 12.1 Å². The summed E-state index contributed by atoms with van der Waals surface area (Å²) in [5.74, 6) is -1.09.